The number of hydrogen-bond donors (Lipinski definition) is 2. The molecule has 0 aliphatic carbocycles. The van der Waals surface area contributed by atoms with E-state index in [1.807, 2.05) is 50.2 Å². The molecule has 23 heavy (non-hydrogen) atoms. The van der Waals surface area contributed by atoms with Crippen molar-refractivity contribution in [2.45, 2.75) is 20.4 Å². The van der Waals surface area contributed by atoms with Crippen LogP contribution in [0.15, 0.2) is 47.5 Å². The zero-order valence-corrected chi connectivity index (χ0v) is 13.8. The van der Waals surface area contributed by atoms with Crippen LogP contribution < -0.4 is 20.5 Å². The Balaban J connectivity index is 2.03. The molecule has 0 unspecified atom stereocenters. The van der Waals surface area contributed by atoms with Crippen LogP contribution in [0.2, 0.25) is 0 Å². The smallest absolute Gasteiger partial charge is 0.193 e. The molecule has 0 spiro atoms. The van der Waals surface area contributed by atoms with Crippen LogP contribution in [0.25, 0.3) is 0 Å². The average Bonchev–Trinajstić information content (AvgIpc) is 2.56. The third-order valence-electron chi connectivity index (χ3n) is 3.34. The Labute approximate surface area is 137 Å². The first-order valence-corrected chi connectivity index (χ1v) is 7.56. The molecule has 0 atom stereocenters. The van der Waals surface area contributed by atoms with Crippen LogP contribution in [-0.2, 0) is 6.54 Å². The number of benzene rings is 2. The molecule has 122 valence electrons. The Morgan fingerprint density at radius 1 is 1.17 bits per heavy atom. The zero-order valence-electron chi connectivity index (χ0n) is 13.8. The highest BCUT2D eigenvalue weighted by molar-refractivity contribution is 5.93. The fourth-order valence-electron chi connectivity index (χ4n) is 2.23. The van der Waals surface area contributed by atoms with Crippen molar-refractivity contribution in [1.29, 1.82) is 0 Å². The highest BCUT2D eigenvalue weighted by atomic mass is 16.5. The highest BCUT2D eigenvalue weighted by Gasteiger charge is 2.03. The van der Waals surface area contributed by atoms with Crippen molar-refractivity contribution < 1.29 is 9.47 Å². The van der Waals surface area contributed by atoms with Crippen LogP contribution in [-0.4, -0.2) is 19.7 Å². The van der Waals surface area contributed by atoms with Gasteiger partial charge in [-0.1, -0.05) is 24.3 Å². The molecule has 0 saturated heterocycles. The molecule has 0 amide bonds. The molecule has 0 fully saturated rings. The molecule has 3 N–H and O–H groups in total. The van der Waals surface area contributed by atoms with E-state index in [-0.39, 0.29) is 0 Å². The summed E-state index contributed by atoms with van der Waals surface area (Å²) >= 11 is 0. The van der Waals surface area contributed by atoms with Gasteiger partial charge in [-0.3, -0.25) is 0 Å². The van der Waals surface area contributed by atoms with E-state index >= 15 is 0 Å². The van der Waals surface area contributed by atoms with Crippen molar-refractivity contribution in [3.8, 4) is 11.5 Å². The quantitative estimate of drug-likeness (QED) is 0.634. The fraction of sp³-hybridized carbons (Fsp3) is 0.278. The number of hydrogen-bond acceptors (Lipinski definition) is 3. The molecular weight excluding hydrogens is 290 g/mol. The van der Waals surface area contributed by atoms with Gasteiger partial charge in [-0.25, -0.2) is 4.99 Å². The van der Waals surface area contributed by atoms with Crippen molar-refractivity contribution in [2.24, 2.45) is 10.7 Å². The number of para-hydroxylation sites is 2. The van der Waals surface area contributed by atoms with E-state index in [9.17, 15) is 0 Å². The zero-order chi connectivity index (χ0) is 16.7. The van der Waals surface area contributed by atoms with Crippen molar-refractivity contribution in [3.05, 3.63) is 53.6 Å². The van der Waals surface area contributed by atoms with Gasteiger partial charge in [0.05, 0.1) is 25.9 Å². The maximum Gasteiger partial charge on any atom is 0.193 e. The highest BCUT2D eigenvalue weighted by Crippen LogP contribution is 2.23. The number of nitrogens with zero attached hydrogens (tertiary/aromatic N) is 1. The summed E-state index contributed by atoms with van der Waals surface area (Å²) in [7, 11) is 1.62. The molecule has 0 bridgehead atoms. The summed E-state index contributed by atoms with van der Waals surface area (Å²) in [6.07, 6.45) is 0. The summed E-state index contributed by atoms with van der Waals surface area (Å²) < 4.78 is 10.8. The van der Waals surface area contributed by atoms with Crippen molar-refractivity contribution in [2.75, 3.05) is 19.0 Å². The monoisotopic (exact) mass is 313 g/mol. The van der Waals surface area contributed by atoms with Crippen LogP contribution in [0.3, 0.4) is 0 Å². The van der Waals surface area contributed by atoms with E-state index in [1.165, 1.54) is 0 Å². The van der Waals surface area contributed by atoms with Gasteiger partial charge in [0, 0.05) is 0 Å². The van der Waals surface area contributed by atoms with E-state index in [1.54, 1.807) is 7.11 Å². The predicted octanol–water partition coefficient (Wildman–Crippen LogP) is 3.33. The summed E-state index contributed by atoms with van der Waals surface area (Å²) in [4.78, 5) is 4.37. The lowest BCUT2D eigenvalue weighted by molar-refractivity contribution is 0.338. The Bertz CT molecular complexity index is 684. The second-order valence-electron chi connectivity index (χ2n) is 5.06. The summed E-state index contributed by atoms with van der Waals surface area (Å²) in [6.45, 7) is 5.16. The molecule has 0 aromatic heterocycles. The number of methoxy groups -OCH3 is 1. The lowest BCUT2D eigenvalue weighted by atomic mass is 10.1. The molecule has 0 heterocycles. The second kappa shape index (κ2) is 8.08. The van der Waals surface area contributed by atoms with Gasteiger partial charge in [0.15, 0.2) is 5.96 Å². The summed E-state index contributed by atoms with van der Waals surface area (Å²) in [6, 6.07) is 13.6. The minimum Gasteiger partial charge on any atom is -0.495 e. The molecule has 0 radical (unpaired) electrons. The van der Waals surface area contributed by atoms with Crippen LogP contribution in [0.4, 0.5) is 5.69 Å². The second-order valence-corrected chi connectivity index (χ2v) is 5.06. The number of ether oxygens (including phenoxy) is 2. The Kier molecular flexibility index (Phi) is 5.86. The van der Waals surface area contributed by atoms with E-state index in [0.29, 0.717) is 19.1 Å². The van der Waals surface area contributed by atoms with Crippen molar-refractivity contribution >= 4 is 11.6 Å². The van der Waals surface area contributed by atoms with Crippen LogP contribution in [0, 0.1) is 6.92 Å². The first-order valence-electron chi connectivity index (χ1n) is 7.56. The summed E-state index contributed by atoms with van der Waals surface area (Å²) in [5.74, 6) is 1.98. The summed E-state index contributed by atoms with van der Waals surface area (Å²) in [5.41, 5.74) is 8.92. The average molecular weight is 313 g/mol. The molecule has 2 aromatic carbocycles. The summed E-state index contributed by atoms with van der Waals surface area (Å²) in [5, 5.41) is 3.06. The number of rotatable bonds is 6. The van der Waals surface area contributed by atoms with Gasteiger partial charge in [-0.2, -0.15) is 0 Å². The molecule has 0 aliphatic heterocycles. The maximum absolute atomic E-state index is 5.95. The molecule has 0 aliphatic rings. The third kappa shape index (κ3) is 4.64. The normalized spacial score (nSPS) is 11.2. The molecule has 5 heteroatoms. The predicted molar refractivity (Wildman–Crippen MR) is 94.3 cm³/mol. The van der Waals surface area contributed by atoms with Gasteiger partial charge in [0.25, 0.3) is 0 Å². The molecule has 2 rings (SSSR count). The SMILES string of the molecule is CCOc1ccc(CN=C(N)Nc2ccccc2OC)cc1C. The van der Waals surface area contributed by atoms with Crippen molar-refractivity contribution in [3.63, 3.8) is 0 Å². The number of nitrogens with one attached hydrogen (secondary N) is 1. The number of nitrogens with two attached hydrogens (primary N) is 1. The van der Waals surface area contributed by atoms with Gasteiger partial charge in [-0.15, -0.1) is 0 Å². The molecular formula is C18H23N3O2. The molecule has 2 aromatic rings. The third-order valence-corrected chi connectivity index (χ3v) is 3.34. The van der Waals surface area contributed by atoms with Crippen LogP contribution >= 0.6 is 0 Å². The Morgan fingerprint density at radius 2 is 1.96 bits per heavy atom. The van der Waals surface area contributed by atoms with E-state index in [0.717, 1.165) is 28.3 Å². The van der Waals surface area contributed by atoms with Gasteiger partial charge in [0.1, 0.15) is 11.5 Å². The van der Waals surface area contributed by atoms with Crippen LogP contribution in [0.5, 0.6) is 11.5 Å². The van der Waals surface area contributed by atoms with Crippen LogP contribution in [0.1, 0.15) is 18.1 Å². The van der Waals surface area contributed by atoms with Gasteiger partial charge < -0.3 is 20.5 Å². The van der Waals surface area contributed by atoms with Gasteiger partial charge in [0.2, 0.25) is 0 Å². The number of aliphatic imine (C=N–C) groups is 1. The topological polar surface area (TPSA) is 68.9 Å². The fourth-order valence-corrected chi connectivity index (χ4v) is 2.23. The largest absolute Gasteiger partial charge is 0.495 e. The van der Waals surface area contributed by atoms with E-state index in [4.69, 9.17) is 15.2 Å². The first-order chi connectivity index (χ1) is 11.1. The maximum atomic E-state index is 5.95. The standard InChI is InChI=1S/C18H23N3O2/c1-4-23-16-10-9-14(11-13(16)2)12-20-18(19)21-15-7-5-6-8-17(15)22-3/h5-11H,4,12H2,1-3H3,(H3,19,20,21). The van der Waals surface area contributed by atoms with E-state index in [2.05, 4.69) is 16.4 Å². The lowest BCUT2D eigenvalue weighted by Gasteiger charge is -2.10. The molecule has 0 saturated carbocycles. The number of guanidine groups is 1. The Hall–Kier alpha value is -2.69. The number of aryl methyl sites for hydroxylation is 1. The Morgan fingerprint density at radius 3 is 2.65 bits per heavy atom. The van der Waals surface area contributed by atoms with Gasteiger partial charge in [-0.05, 0) is 43.2 Å². The first kappa shape index (κ1) is 16.7. The van der Waals surface area contributed by atoms with Crippen molar-refractivity contribution in [1.82, 2.24) is 0 Å². The van der Waals surface area contributed by atoms with Gasteiger partial charge >= 0.3 is 0 Å². The number of anilines is 1. The lowest BCUT2D eigenvalue weighted by Crippen LogP contribution is -2.22. The molecule has 5 nitrogen and oxygen atoms in total. The minimum atomic E-state index is 0.348. The minimum absolute atomic E-state index is 0.348. The van der Waals surface area contributed by atoms with E-state index < -0.39 is 0 Å².